The van der Waals surface area contributed by atoms with Gasteiger partial charge in [-0.05, 0) is 57.7 Å². The molecule has 1 saturated heterocycles. The average Bonchev–Trinajstić information content (AvgIpc) is 3.18. The Morgan fingerprint density at radius 2 is 2.09 bits per heavy atom. The first kappa shape index (κ1) is 16.1. The number of hydrogen-bond acceptors (Lipinski definition) is 4. The summed E-state index contributed by atoms with van der Waals surface area (Å²) >= 11 is 0. The Bertz CT molecular complexity index is 604. The zero-order valence-corrected chi connectivity index (χ0v) is 14.0. The Morgan fingerprint density at radius 3 is 2.70 bits per heavy atom. The standard InChI is InChI=1S/C19H24O4/c1-5-13-6-8-15(9-7-13)21-17(20)23-18(2,3)14-10-11-19(4)16(12-14)22-19/h5-9,14,16H,1,10-12H2,2-4H3. The second-order valence-corrected chi connectivity index (χ2v) is 7.22. The molecule has 3 rings (SSSR count). The van der Waals surface area contributed by atoms with Crippen molar-refractivity contribution < 1.29 is 19.0 Å². The fraction of sp³-hybridized carbons (Fsp3) is 0.526. The summed E-state index contributed by atoms with van der Waals surface area (Å²) in [5.41, 5.74) is 0.478. The summed E-state index contributed by atoms with van der Waals surface area (Å²) in [6, 6.07) is 7.14. The molecule has 1 aliphatic carbocycles. The van der Waals surface area contributed by atoms with Crippen molar-refractivity contribution in [3.05, 3.63) is 36.4 Å². The maximum Gasteiger partial charge on any atom is 0.514 e. The SMILES string of the molecule is C=Cc1ccc(OC(=O)OC(C)(C)C2CCC3(C)OC3C2)cc1. The van der Waals surface area contributed by atoms with Crippen molar-refractivity contribution in [1.82, 2.24) is 0 Å². The van der Waals surface area contributed by atoms with Gasteiger partial charge in [-0.2, -0.15) is 0 Å². The molecule has 0 N–H and O–H groups in total. The molecule has 23 heavy (non-hydrogen) atoms. The number of carbonyl (C=O) groups is 1. The van der Waals surface area contributed by atoms with Gasteiger partial charge in [-0.15, -0.1) is 0 Å². The predicted molar refractivity (Wildman–Crippen MR) is 88.3 cm³/mol. The van der Waals surface area contributed by atoms with Crippen molar-refractivity contribution in [2.75, 3.05) is 0 Å². The third-order valence-corrected chi connectivity index (χ3v) is 5.17. The number of benzene rings is 1. The molecule has 1 saturated carbocycles. The van der Waals surface area contributed by atoms with E-state index >= 15 is 0 Å². The molecule has 0 bridgehead atoms. The smallest absolute Gasteiger partial charge is 0.428 e. The molecule has 0 radical (unpaired) electrons. The molecule has 124 valence electrons. The van der Waals surface area contributed by atoms with E-state index in [-0.39, 0.29) is 5.60 Å². The molecule has 3 atom stereocenters. The maximum atomic E-state index is 12.1. The minimum Gasteiger partial charge on any atom is -0.428 e. The Labute approximate surface area is 137 Å². The van der Waals surface area contributed by atoms with E-state index in [0.717, 1.165) is 24.8 Å². The minimum atomic E-state index is -0.661. The van der Waals surface area contributed by atoms with Crippen LogP contribution >= 0.6 is 0 Å². The van der Waals surface area contributed by atoms with Crippen LogP contribution < -0.4 is 4.74 Å². The molecular formula is C19H24O4. The van der Waals surface area contributed by atoms with Crippen LogP contribution in [0.1, 0.15) is 45.6 Å². The van der Waals surface area contributed by atoms with Crippen LogP contribution in [0.2, 0.25) is 0 Å². The van der Waals surface area contributed by atoms with Crippen LogP contribution in [0.4, 0.5) is 4.79 Å². The van der Waals surface area contributed by atoms with Crippen LogP contribution in [-0.4, -0.2) is 23.5 Å². The summed E-state index contributed by atoms with van der Waals surface area (Å²) in [5.74, 6) is 0.761. The number of carbonyl (C=O) groups excluding carboxylic acids is 1. The molecular weight excluding hydrogens is 292 g/mol. The van der Waals surface area contributed by atoms with Crippen LogP contribution in [0.5, 0.6) is 5.75 Å². The highest BCUT2D eigenvalue weighted by atomic mass is 16.7. The number of ether oxygens (including phenoxy) is 3. The van der Waals surface area contributed by atoms with Gasteiger partial charge >= 0.3 is 6.16 Å². The first-order chi connectivity index (χ1) is 10.8. The van der Waals surface area contributed by atoms with E-state index in [4.69, 9.17) is 14.2 Å². The summed E-state index contributed by atoms with van der Waals surface area (Å²) in [4.78, 5) is 12.1. The Balaban J connectivity index is 1.56. The first-order valence-corrected chi connectivity index (χ1v) is 8.13. The van der Waals surface area contributed by atoms with E-state index < -0.39 is 11.8 Å². The zero-order valence-electron chi connectivity index (χ0n) is 14.0. The van der Waals surface area contributed by atoms with Gasteiger partial charge in [0.1, 0.15) is 11.4 Å². The molecule has 2 fully saturated rings. The van der Waals surface area contributed by atoms with Gasteiger partial charge in [-0.25, -0.2) is 4.79 Å². The normalized spacial score (nSPS) is 29.3. The molecule has 1 heterocycles. The molecule has 1 aromatic rings. The second-order valence-electron chi connectivity index (χ2n) is 7.22. The van der Waals surface area contributed by atoms with Gasteiger partial charge in [-0.3, -0.25) is 0 Å². The number of epoxide rings is 1. The number of hydrogen-bond donors (Lipinski definition) is 0. The Kier molecular flexibility index (Phi) is 3.96. The average molecular weight is 316 g/mol. The van der Waals surface area contributed by atoms with Crippen LogP contribution in [0.25, 0.3) is 6.08 Å². The molecule has 4 nitrogen and oxygen atoms in total. The quantitative estimate of drug-likeness (QED) is 0.463. The molecule has 0 aromatic heterocycles. The first-order valence-electron chi connectivity index (χ1n) is 8.13. The molecule has 1 aromatic carbocycles. The fourth-order valence-electron chi connectivity index (χ4n) is 3.36. The van der Waals surface area contributed by atoms with Gasteiger partial charge in [0.05, 0.1) is 11.7 Å². The lowest BCUT2D eigenvalue weighted by molar-refractivity contribution is -0.0377. The monoisotopic (exact) mass is 316 g/mol. The number of rotatable bonds is 4. The molecule has 3 unspecified atom stereocenters. The van der Waals surface area contributed by atoms with Crippen molar-refractivity contribution >= 4 is 12.2 Å². The van der Waals surface area contributed by atoms with E-state index in [1.807, 2.05) is 26.0 Å². The van der Waals surface area contributed by atoms with Gasteiger partial charge < -0.3 is 14.2 Å². The molecule has 2 aliphatic rings. The van der Waals surface area contributed by atoms with Crippen molar-refractivity contribution in [2.45, 2.75) is 57.3 Å². The van der Waals surface area contributed by atoms with Gasteiger partial charge in [0.15, 0.2) is 0 Å². The van der Waals surface area contributed by atoms with E-state index in [0.29, 0.717) is 17.8 Å². The van der Waals surface area contributed by atoms with Gasteiger partial charge in [0, 0.05) is 5.92 Å². The number of fused-ring (bicyclic) bond motifs is 1. The Hall–Kier alpha value is -1.81. The zero-order chi connectivity index (χ0) is 16.7. The van der Waals surface area contributed by atoms with Gasteiger partial charge in [-0.1, -0.05) is 24.8 Å². The lowest BCUT2D eigenvalue weighted by atomic mass is 9.75. The van der Waals surface area contributed by atoms with Gasteiger partial charge in [0.2, 0.25) is 0 Å². The largest absolute Gasteiger partial charge is 0.514 e. The van der Waals surface area contributed by atoms with E-state index in [1.165, 1.54) is 0 Å². The summed E-state index contributed by atoms with van der Waals surface area (Å²) in [6.07, 6.45) is 4.35. The molecule has 0 spiro atoms. The van der Waals surface area contributed by atoms with Crippen molar-refractivity contribution in [3.63, 3.8) is 0 Å². The highest BCUT2D eigenvalue weighted by Crippen LogP contribution is 2.51. The second kappa shape index (κ2) is 5.68. The van der Waals surface area contributed by atoms with Gasteiger partial charge in [0.25, 0.3) is 0 Å². The van der Waals surface area contributed by atoms with Crippen LogP contribution in [0.3, 0.4) is 0 Å². The third-order valence-electron chi connectivity index (χ3n) is 5.17. The predicted octanol–water partition coefficient (Wildman–Crippen LogP) is 4.58. The maximum absolute atomic E-state index is 12.1. The minimum absolute atomic E-state index is 0.0694. The summed E-state index contributed by atoms with van der Waals surface area (Å²) in [6.45, 7) is 9.75. The lowest BCUT2D eigenvalue weighted by Crippen LogP contribution is -2.41. The molecule has 4 heteroatoms. The fourth-order valence-corrected chi connectivity index (χ4v) is 3.36. The molecule has 1 aliphatic heterocycles. The van der Waals surface area contributed by atoms with E-state index in [9.17, 15) is 4.79 Å². The Morgan fingerprint density at radius 1 is 1.39 bits per heavy atom. The highest BCUT2D eigenvalue weighted by molar-refractivity contribution is 5.64. The highest BCUT2D eigenvalue weighted by Gasteiger charge is 2.57. The summed E-state index contributed by atoms with van der Waals surface area (Å²) < 4.78 is 16.6. The van der Waals surface area contributed by atoms with Crippen molar-refractivity contribution in [2.24, 2.45) is 5.92 Å². The van der Waals surface area contributed by atoms with Crippen LogP contribution in [0.15, 0.2) is 30.8 Å². The van der Waals surface area contributed by atoms with Crippen molar-refractivity contribution in [1.29, 1.82) is 0 Å². The van der Waals surface area contributed by atoms with Crippen LogP contribution in [0, 0.1) is 5.92 Å². The third kappa shape index (κ3) is 3.42. The van der Waals surface area contributed by atoms with E-state index in [2.05, 4.69) is 13.5 Å². The summed E-state index contributed by atoms with van der Waals surface area (Å²) in [7, 11) is 0. The van der Waals surface area contributed by atoms with Crippen LogP contribution in [-0.2, 0) is 9.47 Å². The van der Waals surface area contributed by atoms with E-state index in [1.54, 1.807) is 18.2 Å². The van der Waals surface area contributed by atoms with Crippen molar-refractivity contribution in [3.8, 4) is 5.75 Å². The topological polar surface area (TPSA) is 48.1 Å². The molecule has 0 amide bonds. The summed E-state index contributed by atoms with van der Waals surface area (Å²) in [5, 5.41) is 0. The lowest BCUT2D eigenvalue weighted by Gasteiger charge is -2.35.